The molecule has 0 aromatic rings. The standard InChI is InChI=1S/C13H21N/c1-12(2)9-10-4-6-13(12,3)11(8-10)5-7-14/h10-11H,4-6,8-9H2,1-3H3. The minimum atomic E-state index is 0.428. The van der Waals surface area contributed by atoms with E-state index in [1.807, 2.05) is 0 Å². The first-order valence-corrected chi connectivity index (χ1v) is 5.86. The van der Waals surface area contributed by atoms with E-state index in [4.69, 9.17) is 5.26 Å². The van der Waals surface area contributed by atoms with Crippen molar-refractivity contribution in [3.05, 3.63) is 0 Å². The molecule has 0 aromatic heterocycles. The summed E-state index contributed by atoms with van der Waals surface area (Å²) < 4.78 is 0. The molecule has 14 heavy (non-hydrogen) atoms. The van der Waals surface area contributed by atoms with E-state index in [0.717, 1.165) is 12.3 Å². The molecule has 3 atom stereocenters. The normalized spacial score (nSPS) is 44.7. The number of nitrogens with zero attached hydrogens (tertiary/aromatic N) is 1. The fourth-order valence-corrected chi connectivity index (χ4v) is 3.94. The van der Waals surface area contributed by atoms with Gasteiger partial charge >= 0.3 is 0 Å². The SMILES string of the molecule is CC1(C)CC2CCC1(C)C(CC#N)C2. The molecule has 1 nitrogen and oxygen atoms in total. The maximum atomic E-state index is 8.88. The van der Waals surface area contributed by atoms with Crippen LogP contribution in [0.4, 0.5) is 0 Å². The van der Waals surface area contributed by atoms with E-state index >= 15 is 0 Å². The highest BCUT2D eigenvalue weighted by Crippen LogP contribution is 2.63. The van der Waals surface area contributed by atoms with Crippen molar-refractivity contribution in [2.75, 3.05) is 0 Å². The Hall–Kier alpha value is -0.510. The molecule has 3 aliphatic carbocycles. The van der Waals surface area contributed by atoms with E-state index < -0.39 is 0 Å². The molecule has 0 aromatic carbocycles. The monoisotopic (exact) mass is 191 g/mol. The van der Waals surface area contributed by atoms with Crippen LogP contribution in [-0.2, 0) is 0 Å². The first-order chi connectivity index (χ1) is 6.49. The van der Waals surface area contributed by atoms with Crippen molar-refractivity contribution in [3.63, 3.8) is 0 Å². The molecule has 0 saturated heterocycles. The predicted molar refractivity (Wildman–Crippen MR) is 57.6 cm³/mol. The maximum Gasteiger partial charge on any atom is 0.0624 e. The summed E-state index contributed by atoms with van der Waals surface area (Å²) in [5.74, 6) is 1.57. The molecular formula is C13H21N. The van der Waals surface area contributed by atoms with Gasteiger partial charge < -0.3 is 0 Å². The molecule has 3 fully saturated rings. The molecule has 0 spiro atoms. The van der Waals surface area contributed by atoms with Gasteiger partial charge in [-0.3, -0.25) is 0 Å². The second-order valence-corrected chi connectivity index (χ2v) is 6.21. The van der Waals surface area contributed by atoms with Crippen LogP contribution in [0.2, 0.25) is 0 Å². The summed E-state index contributed by atoms with van der Waals surface area (Å²) in [4.78, 5) is 0. The molecule has 1 heteroatoms. The number of hydrogen-bond donors (Lipinski definition) is 0. The van der Waals surface area contributed by atoms with Crippen molar-refractivity contribution in [1.29, 1.82) is 5.26 Å². The van der Waals surface area contributed by atoms with E-state index in [1.165, 1.54) is 25.7 Å². The second kappa shape index (κ2) is 2.99. The molecule has 3 unspecified atom stereocenters. The molecular weight excluding hydrogens is 170 g/mol. The van der Waals surface area contributed by atoms with Crippen LogP contribution in [0.25, 0.3) is 0 Å². The molecule has 2 bridgehead atoms. The molecule has 3 saturated carbocycles. The van der Waals surface area contributed by atoms with Crippen LogP contribution in [0.5, 0.6) is 0 Å². The lowest BCUT2D eigenvalue weighted by Gasteiger charge is -2.60. The Balaban J connectivity index is 2.28. The zero-order chi connectivity index (χ0) is 10.4. The van der Waals surface area contributed by atoms with Crippen molar-refractivity contribution >= 4 is 0 Å². The average molecular weight is 191 g/mol. The lowest BCUT2D eigenvalue weighted by Crippen LogP contribution is -2.51. The molecule has 0 aliphatic heterocycles. The summed E-state index contributed by atoms with van der Waals surface area (Å²) in [5.41, 5.74) is 0.882. The van der Waals surface area contributed by atoms with Gasteiger partial charge in [-0.1, -0.05) is 20.8 Å². The van der Waals surface area contributed by atoms with Crippen LogP contribution < -0.4 is 0 Å². The van der Waals surface area contributed by atoms with Gasteiger partial charge in [0, 0.05) is 6.42 Å². The van der Waals surface area contributed by atoms with Crippen LogP contribution in [-0.4, -0.2) is 0 Å². The van der Waals surface area contributed by atoms with Gasteiger partial charge in [-0.15, -0.1) is 0 Å². The van der Waals surface area contributed by atoms with E-state index in [9.17, 15) is 0 Å². The summed E-state index contributed by atoms with van der Waals surface area (Å²) in [5, 5.41) is 8.88. The third kappa shape index (κ3) is 1.20. The van der Waals surface area contributed by atoms with Crippen molar-refractivity contribution < 1.29 is 0 Å². The van der Waals surface area contributed by atoms with Gasteiger partial charge in [0.15, 0.2) is 0 Å². The number of hydrogen-bond acceptors (Lipinski definition) is 1. The largest absolute Gasteiger partial charge is 0.198 e. The topological polar surface area (TPSA) is 23.8 Å². The molecule has 0 N–H and O–H groups in total. The lowest BCUT2D eigenvalue weighted by molar-refractivity contribution is -0.101. The van der Waals surface area contributed by atoms with E-state index in [0.29, 0.717) is 16.7 Å². The third-order valence-electron chi connectivity index (χ3n) is 5.27. The Morgan fingerprint density at radius 1 is 1.36 bits per heavy atom. The quantitative estimate of drug-likeness (QED) is 0.619. The number of nitriles is 1. The van der Waals surface area contributed by atoms with Gasteiger partial charge in [-0.05, 0) is 48.3 Å². The average Bonchev–Trinajstić information content (AvgIpc) is 2.08. The third-order valence-corrected chi connectivity index (χ3v) is 5.27. The first kappa shape index (κ1) is 10.0. The van der Waals surface area contributed by atoms with Gasteiger partial charge in [-0.25, -0.2) is 0 Å². The minimum absolute atomic E-state index is 0.428. The summed E-state index contributed by atoms with van der Waals surface area (Å²) in [6.45, 7) is 7.23. The van der Waals surface area contributed by atoms with Crippen LogP contribution in [0.15, 0.2) is 0 Å². The predicted octanol–water partition coefficient (Wildman–Crippen LogP) is 3.75. The van der Waals surface area contributed by atoms with Crippen LogP contribution in [0.1, 0.15) is 52.9 Å². The van der Waals surface area contributed by atoms with Crippen molar-refractivity contribution in [1.82, 2.24) is 0 Å². The molecule has 3 aliphatic rings. The Labute approximate surface area is 87.5 Å². The van der Waals surface area contributed by atoms with Gasteiger partial charge in [-0.2, -0.15) is 5.26 Å². The van der Waals surface area contributed by atoms with Crippen LogP contribution in [0.3, 0.4) is 0 Å². The summed E-state index contributed by atoms with van der Waals surface area (Å²) in [7, 11) is 0. The van der Waals surface area contributed by atoms with E-state index in [-0.39, 0.29) is 0 Å². The van der Waals surface area contributed by atoms with E-state index in [2.05, 4.69) is 26.8 Å². The fraction of sp³-hybridized carbons (Fsp3) is 0.923. The zero-order valence-corrected chi connectivity index (χ0v) is 9.64. The molecule has 0 amide bonds. The van der Waals surface area contributed by atoms with Crippen molar-refractivity contribution in [3.8, 4) is 6.07 Å². The van der Waals surface area contributed by atoms with E-state index in [1.54, 1.807) is 0 Å². The molecule has 0 heterocycles. The molecule has 0 radical (unpaired) electrons. The summed E-state index contributed by atoms with van der Waals surface area (Å²) in [6.07, 6.45) is 6.22. The van der Waals surface area contributed by atoms with Crippen molar-refractivity contribution in [2.24, 2.45) is 22.7 Å². The highest BCUT2D eigenvalue weighted by Gasteiger charge is 2.54. The van der Waals surface area contributed by atoms with Crippen molar-refractivity contribution in [2.45, 2.75) is 52.9 Å². The highest BCUT2D eigenvalue weighted by molar-refractivity contribution is 5.05. The second-order valence-electron chi connectivity index (χ2n) is 6.21. The van der Waals surface area contributed by atoms with Crippen LogP contribution >= 0.6 is 0 Å². The fourth-order valence-electron chi connectivity index (χ4n) is 3.94. The van der Waals surface area contributed by atoms with Gasteiger partial charge in [0.05, 0.1) is 6.07 Å². The minimum Gasteiger partial charge on any atom is -0.198 e. The zero-order valence-electron chi connectivity index (χ0n) is 9.64. The summed E-state index contributed by atoms with van der Waals surface area (Å²) >= 11 is 0. The molecule has 78 valence electrons. The highest BCUT2D eigenvalue weighted by atomic mass is 14.6. The van der Waals surface area contributed by atoms with Gasteiger partial charge in [0.2, 0.25) is 0 Å². The van der Waals surface area contributed by atoms with Gasteiger partial charge in [0.25, 0.3) is 0 Å². The molecule has 3 rings (SSSR count). The Kier molecular flexibility index (Phi) is 2.14. The maximum absolute atomic E-state index is 8.88. The van der Waals surface area contributed by atoms with Crippen LogP contribution in [0, 0.1) is 34.0 Å². The smallest absolute Gasteiger partial charge is 0.0624 e. The number of rotatable bonds is 1. The Morgan fingerprint density at radius 2 is 2.07 bits per heavy atom. The summed E-state index contributed by atoms with van der Waals surface area (Å²) in [6, 6.07) is 2.39. The lowest BCUT2D eigenvalue weighted by atomic mass is 9.45. The first-order valence-electron chi connectivity index (χ1n) is 5.86. The number of fused-ring (bicyclic) bond motifs is 3. The Morgan fingerprint density at radius 3 is 2.64 bits per heavy atom. The van der Waals surface area contributed by atoms with Gasteiger partial charge in [0.1, 0.15) is 0 Å². The Bertz CT molecular complexity index is 273.